The number of ether oxygens (including phenoxy) is 1. The Morgan fingerprint density at radius 2 is 1.94 bits per heavy atom. The molecule has 3 aromatic rings. The molecule has 0 spiro atoms. The average molecular weight is 452 g/mol. The predicted molar refractivity (Wildman–Crippen MR) is 128 cm³/mol. The minimum atomic E-state index is -0.0544. The molecule has 8 heteroatoms. The zero-order valence-electron chi connectivity index (χ0n) is 18.6. The van der Waals surface area contributed by atoms with Gasteiger partial charge in [0.15, 0.2) is 11.0 Å². The highest BCUT2D eigenvalue weighted by atomic mass is 32.2. The number of hydrogen-bond donors (Lipinski definition) is 1. The molecule has 1 aromatic heterocycles. The van der Waals surface area contributed by atoms with Gasteiger partial charge in [-0.25, -0.2) is 0 Å². The van der Waals surface area contributed by atoms with Gasteiger partial charge in [-0.05, 0) is 37.6 Å². The predicted octanol–water partition coefficient (Wildman–Crippen LogP) is 3.84. The second-order valence-corrected chi connectivity index (χ2v) is 8.79. The molecule has 0 aliphatic carbocycles. The van der Waals surface area contributed by atoms with Gasteiger partial charge in [-0.1, -0.05) is 47.7 Å². The second kappa shape index (κ2) is 10.8. The molecule has 2 aromatic carbocycles. The molecule has 2 heterocycles. The van der Waals surface area contributed by atoms with E-state index in [1.807, 2.05) is 30.3 Å². The normalized spacial score (nSPS) is 14.4. The van der Waals surface area contributed by atoms with Crippen LogP contribution in [0.5, 0.6) is 0 Å². The Morgan fingerprint density at radius 1 is 1.12 bits per heavy atom. The maximum Gasteiger partial charge on any atom is 0.234 e. The van der Waals surface area contributed by atoms with Crippen molar-refractivity contribution in [1.82, 2.24) is 19.7 Å². The lowest BCUT2D eigenvalue weighted by Crippen LogP contribution is -2.35. The number of hydrogen-bond acceptors (Lipinski definition) is 6. The number of nitrogens with zero attached hydrogens (tertiary/aromatic N) is 4. The maximum atomic E-state index is 12.6. The molecule has 0 unspecified atom stereocenters. The summed E-state index contributed by atoms with van der Waals surface area (Å²) < 4.78 is 7.46. The van der Waals surface area contributed by atoms with E-state index in [0.717, 1.165) is 61.6 Å². The van der Waals surface area contributed by atoms with Gasteiger partial charge in [-0.15, -0.1) is 10.2 Å². The number of anilines is 1. The molecule has 1 amide bonds. The Kier molecular flexibility index (Phi) is 7.57. The molecule has 168 valence electrons. The van der Waals surface area contributed by atoms with Crippen LogP contribution >= 0.6 is 11.8 Å². The SMILES string of the molecule is CCn1c(SCC(=O)Nc2cccc(CN3CCOCC3)c2)nnc1-c1cccc(C)c1. The summed E-state index contributed by atoms with van der Waals surface area (Å²) in [6, 6.07) is 16.3. The molecule has 1 saturated heterocycles. The van der Waals surface area contributed by atoms with E-state index in [9.17, 15) is 4.79 Å². The molecule has 0 bridgehead atoms. The fraction of sp³-hybridized carbons (Fsp3) is 0.375. The Labute approximate surface area is 193 Å². The molecule has 1 aliphatic heterocycles. The fourth-order valence-electron chi connectivity index (χ4n) is 3.77. The summed E-state index contributed by atoms with van der Waals surface area (Å²) in [7, 11) is 0. The molecule has 1 fully saturated rings. The molecule has 0 atom stereocenters. The minimum Gasteiger partial charge on any atom is -0.379 e. The van der Waals surface area contributed by atoms with Gasteiger partial charge in [0.2, 0.25) is 5.91 Å². The molecular formula is C24H29N5O2S. The molecule has 0 saturated carbocycles. The van der Waals surface area contributed by atoms with Gasteiger partial charge in [0.1, 0.15) is 0 Å². The Hall–Kier alpha value is -2.68. The molecule has 4 rings (SSSR count). The quantitative estimate of drug-likeness (QED) is 0.525. The lowest BCUT2D eigenvalue weighted by atomic mass is 10.1. The van der Waals surface area contributed by atoms with Crippen LogP contribution in [0.3, 0.4) is 0 Å². The fourth-order valence-corrected chi connectivity index (χ4v) is 4.57. The van der Waals surface area contributed by atoms with Crippen molar-refractivity contribution in [1.29, 1.82) is 0 Å². The minimum absolute atomic E-state index is 0.0544. The molecular weight excluding hydrogens is 422 g/mol. The van der Waals surface area contributed by atoms with Crippen molar-refractivity contribution in [2.75, 3.05) is 37.4 Å². The first kappa shape index (κ1) is 22.5. The van der Waals surface area contributed by atoms with E-state index in [1.54, 1.807) is 0 Å². The third kappa shape index (κ3) is 5.76. The number of thioether (sulfide) groups is 1. The van der Waals surface area contributed by atoms with Gasteiger partial charge in [0.05, 0.1) is 19.0 Å². The standard InChI is InChI=1S/C24H29N5O2S/c1-3-29-23(20-8-4-6-18(2)14-20)26-27-24(29)32-17-22(30)25-21-9-5-7-19(15-21)16-28-10-12-31-13-11-28/h4-9,14-15H,3,10-13,16-17H2,1-2H3,(H,25,30). The lowest BCUT2D eigenvalue weighted by Gasteiger charge is -2.26. The van der Waals surface area contributed by atoms with Crippen molar-refractivity contribution in [3.8, 4) is 11.4 Å². The van der Waals surface area contributed by atoms with Crippen molar-refractivity contribution in [3.05, 3.63) is 59.7 Å². The van der Waals surface area contributed by atoms with Crippen LogP contribution < -0.4 is 5.32 Å². The van der Waals surface area contributed by atoms with E-state index in [1.165, 1.54) is 22.9 Å². The number of benzene rings is 2. The van der Waals surface area contributed by atoms with E-state index in [0.29, 0.717) is 0 Å². The zero-order valence-corrected chi connectivity index (χ0v) is 19.4. The highest BCUT2D eigenvalue weighted by Crippen LogP contribution is 2.25. The van der Waals surface area contributed by atoms with Crippen molar-refractivity contribution in [2.24, 2.45) is 0 Å². The van der Waals surface area contributed by atoms with Gasteiger partial charge in [-0.3, -0.25) is 9.69 Å². The third-order valence-electron chi connectivity index (χ3n) is 5.36. The summed E-state index contributed by atoms with van der Waals surface area (Å²) in [5, 5.41) is 12.5. The highest BCUT2D eigenvalue weighted by molar-refractivity contribution is 7.99. The van der Waals surface area contributed by atoms with Gasteiger partial charge in [0.25, 0.3) is 0 Å². The van der Waals surface area contributed by atoms with Crippen LogP contribution in [0.25, 0.3) is 11.4 Å². The van der Waals surface area contributed by atoms with Crippen molar-refractivity contribution in [2.45, 2.75) is 32.1 Å². The first-order chi connectivity index (χ1) is 15.6. The monoisotopic (exact) mass is 451 g/mol. The smallest absolute Gasteiger partial charge is 0.234 e. The van der Waals surface area contributed by atoms with Crippen molar-refractivity contribution >= 4 is 23.4 Å². The molecule has 1 N–H and O–H groups in total. The van der Waals surface area contributed by atoms with E-state index >= 15 is 0 Å². The number of aryl methyl sites for hydroxylation is 1. The molecule has 7 nitrogen and oxygen atoms in total. The van der Waals surface area contributed by atoms with Crippen LogP contribution in [0.2, 0.25) is 0 Å². The second-order valence-electron chi connectivity index (χ2n) is 7.85. The van der Waals surface area contributed by atoms with E-state index in [4.69, 9.17) is 4.74 Å². The molecule has 1 aliphatic rings. The highest BCUT2D eigenvalue weighted by Gasteiger charge is 2.15. The van der Waals surface area contributed by atoms with E-state index < -0.39 is 0 Å². The van der Waals surface area contributed by atoms with Crippen LogP contribution in [0.1, 0.15) is 18.1 Å². The van der Waals surface area contributed by atoms with Gasteiger partial charge >= 0.3 is 0 Å². The summed E-state index contributed by atoms with van der Waals surface area (Å²) in [4.78, 5) is 15.0. The number of carbonyl (C=O) groups is 1. The summed E-state index contributed by atoms with van der Waals surface area (Å²) >= 11 is 1.41. The average Bonchev–Trinajstić information content (AvgIpc) is 3.22. The topological polar surface area (TPSA) is 72.3 Å². The molecule has 0 radical (unpaired) electrons. The Bertz CT molecular complexity index is 1060. The zero-order chi connectivity index (χ0) is 22.3. The number of aromatic nitrogens is 3. The van der Waals surface area contributed by atoms with E-state index in [-0.39, 0.29) is 11.7 Å². The number of carbonyl (C=O) groups excluding carboxylic acids is 1. The first-order valence-corrected chi connectivity index (χ1v) is 11.9. The number of morpholine rings is 1. The lowest BCUT2D eigenvalue weighted by molar-refractivity contribution is -0.113. The number of rotatable bonds is 8. The first-order valence-electron chi connectivity index (χ1n) is 10.9. The van der Waals surface area contributed by atoms with Crippen molar-refractivity contribution in [3.63, 3.8) is 0 Å². The molecule has 32 heavy (non-hydrogen) atoms. The Morgan fingerprint density at radius 3 is 2.72 bits per heavy atom. The van der Waals surface area contributed by atoms with Gasteiger partial charge in [0, 0.05) is 37.4 Å². The number of nitrogens with one attached hydrogen (secondary N) is 1. The Balaban J connectivity index is 1.36. The van der Waals surface area contributed by atoms with Crippen LogP contribution in [0.15, 0.2) is 53.7 Å². The van der Waals surface area contributed by atoms with Gasteiger partial charge < -0.3 is 14.6 Å². The van der Waals surface area contributed by atoms with Crippen LogP contribution in [0.4, 0.5) is 5.69 Å². The van der Waals surface area contributed by atoms with E-state index in [2.05, 4.69) is 57.0 Å². The summed E-state index contributed by atoms with van der Waals surface area (Å²) in [5.41, 5.74) is 4.22. The number of amides is 1. The van der Waals surface area contributed by atoms with Crippen molar-refractivity contribution < 1.29 is 9.53 Å². The summed E-state index contributed by atoms with van der Waals surface area (Å²) in [6.07, 6.45) is 0. The van der Waals surface area contributed by atoms with Crippen LogP contribution in [0, 0.1) is 6.92 Å². The van der Waals surface area contributed by atoms with Crippen LogP contribution in [-0.4, -0.2) is 57.6 Å². The van der Waals surface area contributed by atoms with Crippen LogP contribution in [-0.2, 0) is 22.6 Å². The summed E-state index contributed by atoms with van der Waals surface area (Å²) in [5.74, 6) is 1.05. The third-order valence-corrected chi connectivity index (χ3v) is 6.33. The van der Waals surface area contributed by atoms with Gasteiger partial charge in [-0.2, -0.15) is 0 Å². The summed E-state index contributed by atoms with van der Waals surface area (Å²) in [6.45, 7) is 9.17. The maximum absolute atomic E-state index is 12.6. The largest absolute Gasteiger partial charge is 0.379 e.